The maximum Gasteiger partial charge on any atom is 0.322 e. The molecular formula is C13H19N5O2. The summed E-state index contributed by atoms with van der Waals surface area (Å²) in [5.41, 5.74) is 0. The van der Waals surface area contributed by atoms with Gasteiger partial charge in [0.15, 0.2) is 0 Å². The molecule has 0 spiro atoms. The highest BCUT2D eigenvalue weighted by molar-refractivity contribution is 5.36. The lowest BCUT2D eigenvalue weighted by molar-refractivity contribution is 0.379. The van der Waals surface area contributed by atoms with Gasteiger partial charge < -0.3 is 19.8 Å². The SMILES string of the molecule is CCCNc1nc(NCc2ccc(C)o2)nc(OC)n1. The van der Waals surface area contributed by atoms with E-state index in [-0.39, 0.29) is 6.01 Å². The molecule has 0 fully saturated rings. The van der Waals surface area contributed by atoms with Crippen molar-refractivity contribution >= 4 is 11.9 Å². The summed E-state index contributed by atoms with van der Waals surface area (Å²) in [4.78, 5) is 12.5. The first-order valence-electron chi connectivity index (χ1n) is 6.54. The molecule has 2 N–H and O–H groups in total. The van der Waals surface area contributed by atoms with Crippen LogP contribution in [0.15, 0.2) is 16.5 Å². The van der Waals surface area contributed by atoms with Crippen LogP contribution in [0.2, 0.25) is 0 Å². The van der Waals surface area contributed by atoms with Gasteiger partial charge >= 0.3 is 6.01 Å². The van der Waals surface area contributed by atoms with Crippen LogP contribution in [0.25, 0.3) is 0 Å². The molecule has 0 aliphatic carbocycles. The number of nitrogens with one attached hydrogen (secondary N) is 2. The Bertz CT molecular complexity index is 555. The second kappa shape index (κ2) is 6.74. The summed E-state index contributed by atoms with van der Waals surface area (Å²) in [6, 6.07) is 4.10. The standard InChI is InChI=1S/C13H19N5O2/c1-4-7-14-11-16-12(18-13(17-11)19-3)15-8-10-6-5-9(2)20-10/h5-6H,4,7-8H2,1-3H3,(H2,14,15,16,17,18). The van der Waals surface area contributed by atoms with Crippen molar-refractivity contribution in [3.05, 3.63) is 23.7 Å². The number of rotatable bonds is 7. The monoisotopic (exact) mass is 277 g/mol. The fourth-order valence-corrected chi connectivity index (χ4v) is 1.59. The smallest absolute Gasteiger partial charge is 0.322 e. The molecule has 0 bridgehead atoms. The molecule has 0 saturated heterocycles. The van der Waals surface area contributed by atoms with Gasteiger partial charge in [-0.3, -0.25) is 0 Å². The van der Waals surface area contributed by atoms with Gasteiger partial charge in [-0.2, -0.15) is 15.0 Å². The lowest BCUT2D eigenvalue weighted by Crippen LogP contribution is -2.10. The third-order valence-corrected chi connectivity index (χ3v) is 2.55. The third kappa shape index (κ3) is 3.84. The van der Waals surface area contributed by atoms with Gasteiger partial charge in [0.25, 0.3) is 0 Å². The lowest BCUT2D eigenvalue weighted by atomic mass is 10.4. The van der Waals surface area contributed by atoms with Crippen molar-refractivity contribution in [3.8, 4) is 6.01 Å². The summed E-state index contributed by atoms with van der Waals surface area (Å²) >= 11 is 0. The normalized spacial score (nSPS) is 10.3. The number of aromatic nitrogens is 3. The van der Waals surface area contributed by atoms with Crippen LogP contribution in [0.3, 0.4) is 0 Å². The zero-order chi connectivity index (χ0) is 14.4. The molecule has 2 aromatic rings. The van der Waals surface area contributed by atoms with E-state index in [1.165, 1.54) is 7.11 Å². The average Bonchev–Trinajstić information content (AvgIpc) is 2.88. The van der Waals surface area contributed by atoms with E-state index in [0.717, 1.165) is 24.5 Å². The van der Waals surface area contributed by atoms with E-state index in [2.05, 4.69) is 32.5 Å². The van der Waals surface area contributed by atoms with Crippen LogP contribution in [-0.2, 0) is 6.54 Å². The van der Waals surface area contributed by atoms with Crippen LogP contribution >= 0.6 is 0 Å². The molecule has 0 atom stereocenters. The Morgan fingerprint density at radius 3 is 2.50 bits per heavy atom. The minimum atomic E-state index is 0.275. The topological polar surface area (TPSA) is 85.1 Å². The Labute approximate surface area is 117 Å². The van der Waals surface area contributed by atoms with Gasteiger partial charge in [-0.1, -0.05) is 6.92 Å². The second-order valence-corrected chi connectivity index (χ2v) is 4.26. The molecule has 0 amide bonds. The number of hydrogen-bond acceptors (Lipinski definition) is 7. The zero-order valence-corrected chi connectivity index (χ0v) is 11.9. The summed E-state index contributed by atoms with van der Waals surface area (Å²) in [6.45, 7) is 5.28. The molecule has 0 aromatic carbocycles. The molecule has 108 valence electrons. The minimum Gasteiger partial charge on any atom is -0.467 e. The van der Waals surface area contributed by atoms with Crippen molar-refractivity contribution in [2.45, 2.75) is 26.8 Å². The molecule has 0 unspecified atom stereocenters. The highest BCUT2D eigenvalue weighted by atomic mass is 16.5. The number of anilines is 2. The van der Waals surface area contributed by atoms with E-state index in [9.17, 15) is 0 Å². The van der Waals surface area contributed by atoms with Crippen molar-refractivity contribution < 1.29 is 9.15 Å². The van der Waals surface area contributed by atoms with E-state index >= 15 is 0 Å². The average molecular weight is 277 g/mol. The van der Waals surface area contributed by atoms with Crippen LogP contribution in [0.4, 0.5) is 11.9 Å². The quantitative estimate of drug-likeness (QED) is 0.802. The Morgan fingerprint density at radius 2 is 1.90 bits per heavy atom. The molecule has 2 rings (SSSR count). The molecule has 0 aliphatic heterocycles. The molecular weight excluding hydrogens is 258 g/mol. The van der Waals surface area contributed by atoms with Crippen molar-refractivity contribution in [1.29, 1.82) is 0 Å². The third-order valence-electron chi connectivity index (χ3n) is 2.55. The van der Waals surface area contributed by atoms with Crippen molar-refractivity contribution in [3.63, 3.8) is 0 Å². The van der Waals surface area contributed by atoms with Gasteiger partial charge in [0.05, 0.1) is 13.7 Å². The number of furan rings is 1. The predicted molar refractivity (Wildman–Crippen MR) is 75.9 cm³/mol. The van der Waals surface area contributed by atoms with E-state index in [4.69, 9.17) is 9.15 Å². The number of methoxy groups -OCH3 is 1. The van der Waals surface area contributed by atoms with Crippen LogP contribution in [0.5, 0.6) is 6.01 Å². The van der Waals surface area contributed by atoms with E-state index in [1.54, 1.807) is 0 Å². The summed E-state index contributed by atoms with van der Waals surface area (Å²) in [7, 11) is 1.53. The van der Waals surface area contributed by atoms with Gasteiger partial charge in [-0.05, 0) is 25.5 Å². The molecule has 7 heteroatoms. The predicted octanol–water partition coefficient (Wildman–Crippen LogP) is 2.22. The van der Waals surface area contributed by atoms with Crippen LogP contribution in [-0.4, -0.2) is 28.6 Å². The summed E-state index contributed by atoms with van der Waals surface area (Å²) in [5.74, 6) is 2.65. The molecule has 0 saturated carbocycles. The van der Waals surface area contributed by atoms with Gasteiger partial charge in [0, 0.05) is 6.54 Å². The first-order valence-corrected chi connectivity index (χ1v) is 6.54. The largest absolute Gasteiger partial charge is 0.467 e. The molecule has 2 aromatic heterocycles. The Hall–Kier alpha value is -2.31. The highest BCUT2D eigenvalue weighted by Gasteiger charge is 2.07. The van der Waals surface area contributed by atoms with E-state index in [1.807, 2.05) is 19.1 Å². The fraction of sp³-hybridized carbons (Fsp3) is 0.462. The fourth-order valence-electron chi connectivity index (χ4n) is 1.59. The first kappa shape index (κ1) is 14.1. The summed E-state index contributed by atoms with van der Waals surface area (Å²) in [5, 5.41) is 6.20. The molecule has 0 aliphatic rings. The van der Waals surface area contributed by atoms with Crippen molar-refractivity contribution in [2.24, 2.45) is 0 Å². The molecule has 2 heterocycles. The number of ether oxygens (including phenoxy) is 1. The number of aryl methyl sites for hydroxylation is 1. The van der Waals surface area contributed by atoms with Gasteiger partial charge in [0.1, 0.15) is 11.5 Å². The Kier molecular flexibility index (Phi) is 4.75. The van der Waals surface area contributed by atoms with E-state index in [0.29, 0.717) is 18.4 Å². The maximum atomic E-state index is 5.48. The first-order chi connectivity index (χ1) is 9.71. The minimum absolute atomic E-state index is 0.275. The zero-order valence-electron chi connectivity index (χ0n) is 11.9. The van der Waals surface area contributed by atoms with Crippen LogP contribution < -0.4 is 15.4 Å². The van der Waals surface area contributed by atoms with Crippen molar-refractivity contribution in [2.75, 3.05) is 24.3 Å². The van der Waals surface area contributed by atoms with Crippen molar-refractivity contribution in [1.82, 2.24) is 15.0 Å². The van der Waals surface area contributed by atoms with Crippen LogP contribution in [0.1, 0.15) is 24.9 Å². The van der Waals surface area contributed by atoms with Gasteiger partial charge in [-0.15, -0.1) is 0 Å². The maximum absolute atomic E-state index is 5.48. The van der Waals surface area contributed by atoms with Crippen LogP contribution in [0, 0.1) is 6.92 Å². The van der Waals surface area contributed by atoms with Gasteiger partial charge in [-0.25, -0.2) is 0 Å². The highest BCUT2D eigenvalue weighted by Crippen LogP contribution is 2.13. The van der Waals surface area contributed by atoms with E-state index < -0.39 is 0 Å². The number of nitrogens with zero attached hydrogens (tertiary/aromatic N) is 3. The molecule has 0 radical (unpaired) electrons. The molecule has 7 nitrogen and oxygen atoms in total. The second-order valence-electron chi connectivity index (χ2n) is 4.26. The summed E-state index contributed by atoms with van der Waals surface area (Å²) < 4.78 is 10.5. The van der Waals surface area contributed by atoms with Gasteiger partial charge in [0.2, 0.25) is 11.9 Å². The Morgan fingerprint density at radius 1 is 1.15 bits per heavy atom. The molecule has 20 heavy (non-hydrogen) atoms. The Balaban J connectivity index is 2.05. The lowest BCUT2D eigenvalue weighted by Gasteiger charge is -2.08. The summed E-state index contributed by atoms with van der Waals surface area (Å²) in [6.07, 6.45) is 0.989. The number of hydrogen-bond donors (Lipinski definition) is 2.